The first-order chi connectivity index (χ1) is 29.2. The number of unbranched alkanes of at least 4 members (excludes halogenated alkanes) is 1. The molecule has 17 heteroatoms. The second-order valence-electron chi connectivity index (χ2n) is 18.9. The van der Waals surface area contributed by atoms with Crippen molar-refractivity contribution in [3.63, 3.8) is 0 Å². The van der Waals surface area contributed by atoms with Crippen molar-refractivity contribution in [1.82, 2.24) is 35.0 Å². The molecule has 2 aromatic rings. The zero-order valence-corrected chi connectivity index (χ0v) is 39.1. The van der Waals surface area contributed by atoms with Crippen LogP contribution in [0.4, 0.5) is 10.5 Å². The normalized spacial score (nSPS) is 35.4. The average Bonchev–Trinajstić information content (AvgIpc) is 3.80. The van der Waals surface area contributed by atoms with Gasteiger partial charge in [-0.05, 0) is 113 Å². The molecule has 62 heavy (non-hydrogen) atoms. The molecule has 13 atom stereocenters. The molecule has 348 valence electrons. The Morgan fingerprint density at radius 3 is 2.42 bits per heavy atom. The highest BCUT2D eigenvalue weighted by Crippen LogP contribution is 2.40. The molecule has 4 N–H and O–H groups in total. The van der Waals surface area contributed by atoms with Gasteiger partial charge >= 0.3 is 12.1 Å². The maximum atomic E-state index is 14.5. The van der Waals surface area contributed by atoms with E-state index in [9.17, 15) is 19.5 Å². The van der Waals surface area contributed by atoms with Gasteiger partial charge in [0.1, 0.15) is 23.8 Å². The summed E-state index contributed by atoms with van der Waals surface area (Å²) in [5.41, 5.74) is 5.93. The number of esters is 1. The third kappa shape index (κ3) is 11.1. The fourth-order valence-electron chi connectivity index (χ4n) is 9.87. The number of anilines is 1. The van der Waals surface area contributed by atoms with E-state index in [-0.39, 0.29) is 24.1 Å². The Bertz CT molecular complexity index is 1810. The molecule has 0 aliphatic carbocycles. The van der Waals surface area contributed by atoms with Crippen molar-refractivity contribution >= 4 is 23.5 Å². The van der Waals surface area contributed by atoms with Crippen LogP contribution in [0.2, 0.25) is 0 Å². The van der Waals surface area contributed by atoms with Gasteiger partial charge in [0.15, 0.2) is 17.7 Å². The smallest absolute Gasteiger partial charge is 0.410 e. The molecule has 3 aliphatic heterocycles. The van der Waals surface area contributed by atoms with Gasteiger partial charge in [0.05, 0.1) is 30.0 Å². The molecule has 0 radical (unpaired) electrons. The molecule has 3 aliphatic rings. The molecule has 4 heterocycles. The van der Waals surface area contributed by atoms with E-state index in [0.29, 0.717) is 64.0 Å². The standard InChI is InChI=1S/C45H74N8O9/c1-13-36-45(7)39(53(43(57)62-45)20-15-14-19-52-26-34(48-49-52)31-17-16-18-32(46)21-31)30(5)47-24-27(2)23-44(6,58-12)40(28(3)37(54)29(4)41(56)60-36)61-42-38(55)35(51(10)11)22-33(59-42)25-50(8)9/h16-18,21,26-30,33,35-36,38-40,42,47,55H,13-15,19-20,22-25,46H2,1-12H3/t27-,28+,29-,30-,33?,35?,36-,38?,39-,40-,42+,44-,45-/m1/s1. The number of aliphatic hydroxyl groups is 1. The Kier molecular flexibility index (Phi) is 16.6. The van der Waals surface area contributed by atoms with E-state index >= 15 is 0 Å². The molecule has 1 aromatic heterocycles. The third-order valence-corrected chi connectivity index (χ3v) is 13.3. The fraction of sp³-hybridized carbons (Fsp3) is 0.756. The predicted molar refractivity (Wildman–Crippen MR) is 235 cm³/mol. The largest absolute Gasteiger partial charge is 0.458 e. The lowest BCUT2D eigenvalue weighted by atomic mass is 9.78. The molecule has 5 rings (SSSR count). The minimum Gasteiger partial charge on any atom is -0.458 e. The zero-order chi connectivity index (χ0) is 45.7. The van der Waals surface area contributed by atoms with E-state index in [2.05, 4.69) is 22.6 Å². The summed E-state index contributed by atoms with van der Waals surface area (Å²) in [4.78, 5) is 48.2. The van der Waals surface area contributed by atoms with E-state index in [1.54, 1.807) is 30.5 Å². The minimum atomic E-state index is -1.24. The number of Topliss-reactive ketones (excluding diaryl/α,β-unsaturated/α-hetero) is 1. The van der Waals surface area contributed by atoms with E-state index in [4.69, 9.17) is 29.4 Å². The predicted octanol–water partition coefficient (Wildman–Crippen LogP) is 3.83. The summed E-state index contributed by atoms with van der Waals surface area (Å²) in [6, 6.07) is 6.41. The molecule has 3 saturated heterocycles. The van der Waals surface area contributed by atoms with E-state index in [1.807, 2.05) is 96.1 Å². The Labute approximate surface area is 368 Å². The van der Waals surface area contributed by atoms with Crippen LogP contribution in [0.25, 0.3) is 11.3 Å². The number of nitrogens with zero attached hydrogens (tertiary/aromatic N) is 6. The number of ketones is 1. The SMILES string of the molecule is CC[C@H]1OC(=O)[C@H](C)C(=O)[C@H](C)[C@@H](O[C@@H]2OC(CN(C)C)CC(N(C)C)C2O)[C@](C)(OC)C[C@@H](C)CN[C@H](C)[C@H]2N(CCCCn3cc(-c4cccc(N)c4)nn3)C(=O)O[C@]12C. The first-order valence-electron chi connectivity index (χ1n) is 22.3. The Hall–Kier alpha value is -3.71. The monoisotopic (exact) mass is 871 g/mol. The van der Waals surface area contributed by atoms with Gasteiger partial charge in [-0.15, -0.1) is 5.10 Å². The van der Waals surface area contributed by atoms with Crippen LogP contribution in [-0.2, 0) is 39.8 Å². The van der Waals surface area contributed by atoms with Crippen LogP contribution in [0.1, 0.15) is 80.6 Å². The Morgan fingerprint density at radius 1 is 1.06 bits per heavy atom. The highest BCUT2D eigenvalue weighted by Gasteiger charge is 2.58. The number of hydrogen-bond donors (Lipinski definition) is 3. The van der Waals surface area contributed by atoms with Crippen LogP contribution in [0.15, 0.2) is 30.5 Å². The molecule has 0 bridgehead atoms. The number of amides is 1. The van der Waals surface area contributed by atoms with Gasteiger partial charge in [-0.1, -0.05) is 38.1 Å². The molecule has 3 fully saturated rings. The Morgan fingerprint density at radius 2 is 1.77 bits per heavy atom. The molecular formula is C45H74N8O9. The van der Waals surface area contributed by atoms with Crippen molar-refractivity contribution in [2.24, 2.45) is 17.8 Å². The molecule has 1 amide bonds. The van der Waals surface area contributed by atoms with Gasteiger partial charge in [-0.25, -0.2) is 4.79 Å². The van der Waals surface area contributed by atoms with Crippen LogP contribution in [-0.4, -0.2) is 168 Å². The number of fused-ring (bicyclic) bond motifs is 1. The number of aromatic nitrogens is 3. The second-order valence-corrected chi connectivity index (χ2v) is 18.9. The van der Waals surface area contributed by atoms with E-state index < -0.39 is 71.5 Å². The summed E-state index contributed by atoms with van der Waals surface area (Å²) >= 11 is 0. The fourth-order valence-corrected chi connectivity index (χ4v) is 9.87. The highest BCUT2D eigenvalue weighted by molar-refractivity contribution is 6.00. The van der Waals surface area contributed by atoms with Gasteiger partial charge in [0.25, 0.3) is 0 Å². The molecular weight excluding hydrogens is 797 g/mol. The number of methoxy groups -OCH3 is 1. The number of hydrogen-bond acceptors (Lipinski definition) is 15. The number of cyclic esters (lactones) is 1. The average molecular weight is 871 g/mol. The third-order valence-electron chi connectivity index (χ3n) is 13.3. The number of benzene rings is 1. The number of aliphatic hydroxyl groups excluding tert-OH is 1. The van der Waals surface area contributed by atoms with Gasteiger partial charge in [-0.2, -0.15) is 0 Å². The maximum Gasteiger partial charge on any atom is 0.410 e. The van der Waals surface area contributed by atoms with E-state index in [0.717, 1.165) is 11.3 Å². The molecule has 17 nitrogen and oxygen atoms in total. The van der Waals surface area contributed by atoms with Crippen LogP contribution in [0.3, 0.4) is 0 Å². The van der Waals surface area contributed by atoms with Crippen molar-refractivity contribution in [2.45, 2.75) is 147 Å². The lowest BCUT2D eigenvalue weighted by molar-refractivity contribution is -0.298. The summed E-state index contributed by atoms with van der Waals surface area (Å²) in [6.07, 6.45) is 0.0419. The number of nitrogens with two attached hydrogens (primary N) is 1. The van der Waals surface area contributed by atoms with Crippen molar-refractivity contribution < 1.29 is 43.2 Å². The molecule has 0 saturated carbocycles. The van der Waals surface area contributed by atoms with Gasteiger partial charge < -0.3 is 49.6 Å². The molecule has 1 aromatic carbocycles. The molecule has 3 unspecified atom stereocenters. The Balaban J connectivity index is 1.39. The van der Waals surface area contributed by atoms with Crippen LogP contribution >= 0.6 is 0 Å². The number of rotatable bonds is 13. The van der Waals surface area contributed by atoms with E-state index in [1.165, 1.54) is 0 Å². The zero-order valence-electron chi connectivity index (χ0n) is 39.1. The quantitative estimate of drug-likeness (QED) is 0.114. The maximum absolute atomic E-state index is 14.5. The topological polar surface area (TPSA) is 196 Å². The lowest BCUT2D eigenvalue weighted by Crippen LogP contribution is -2.61. The van der Waals surface area contributed by atoms with Crippen molar-refractivity contribution in [3.05, 3.63) is 30.5 Å². The van der Waals surface area contributed by atoms with Crippen molar-refractivity contribution in [3.8, 4) is 11.3 Å². The second kappa shape index (κ2) is 20.9. The van der Waals surface area contributed by atoms with Gasteiger partial charge in [0, 0.05) is 56.0 Å². The first-order valence-corrected chi connectivity index (χ1v) is 22.3. The molecule has 0 spiro atoms. The number of carbonyl (C=O) groups excluding carboxylic acids is 3. The summed E-state index contributed by atoms with van der Waals surface area (Å²) < 4.78 is 33.8. The van der Waals surface area contributed by atoms with Crippen molar-refractivity contribution in [1.29, 1.82) is 0 Å². The number of ether oxygens (including phenoxy) is 5. The summed E-state index contributed by atoms with van der Waals surface area (Å²) in [6.45, 7) is 15.1. The van der Waals surface area contributed by atoms with Crippen LogP contribution in [0, 0.1) is 17.8 Å². The highest BCUT2D eigenvalue weighted by atomic mass is 16.7. The number of nitrogens with one attached hydrogen (secondary N) is 1. The summed E-state index contributed by atoms with van der Waals surface area (Å²) in [7, 11) is 9.36. The van der Waals surface area contributed by atoms with Crippen LogP contribution < -0.4 is 11.1 Å². The van der Waals surface area contributed by atoms with Gasteiger partial charge in [-0.3, -0.25) is 19.2 Å². The van der Waals surface area contributed by atoms with Gasteiger partial charge in [0.2, 0.25) is 0 Å². The van der Waals surface area contributed by atoms with Crippen LogP contribution in [0.5, 0.6) is 0 Å². The number of carbonyl (C=O) groups is 3. The summed E-state index contributed by atoms with van der Waals surface area (Å²) in [5, 5.41) is 24.0. The number of aryl methyl sites for hydroxylation is 1. The lowest BCUT2D eigenvalue weighted by Gasteiger charge is -2.47. The summed E-state index contributed by atoms with van der Waals surface area (Å²) in [5.74, 6) is -3.21. The number of nitrogen functional groups attached to an aromatic ring is 1. The van der Waals surface area contributed by atoms with Crippen molar-refractivity contribution in [2.75, 3.05) is 60.7 Å². The minimum absolute atomic E-state index is 0.0240. The first kappa shape index (κ1) is 49.3. The number of likely N-dealkylation sites (N-methyl/N-ethyl adjacent to an activating group) is 2.